The molecule has 0 saturated carbocycles. The molecule has 2 aromatic rings. The number of hydrogen-bond donors (Lipinski definition) is 1. The van der Waals surface area contributed by atoms with E-state index in [1.165, 1.54) is 29.0 Å². The molecule has 0 fully saturated rings. The molecule has 3 rings (SSSR count). The molecule has 1 aliphatic rings. The van der Waals surface area contributed by atoms with E-state index < -0.39 is 0 Å². The number of hydrogen-bond acceptors (Lipinski definition) is 3. The van der Waals surface area contributed by atoms with Gasteiger partial charge < -0.3 is 5.32 Å². The molecule has 2 aromatic heterocycles. The summed E-state index contributed by atoms with van der Waals surface area (Å²) in [5.41, 5.74) is 1.60. The van der Waals surface area contributed by atoms with Crippen molar-refractivity contribution in [1.29, 1.82) is 0 Å². The van der Waals surface area contributed by atoms with E-state index in [4.69, 9.17) is 0 Å². The molecular formula is C14H17NS2. The molecule has 17 heavy (non-hydrogen) atoms. The molecule has 0 radical (unpaired) electrons. The maximum atomic E-state index is 3.61. The summed E-state index contributed by atoms with van der Waals surface area (Å²) in [7, 11) is 0. The molecule has 1 nitrogen and oxygen atoms in total. The summed E-state index contributed by atoms with van der Waals surface area (Å²) < 4.78 is 0. The minimum absolute atomic E-state index is 0.413. The Labute approximate surface area is 111 Å². The normalized spacial score (nSPS) is 16.1. The average Bonchev–Trinajstić information content (AvgIpc) is 3.01. The van der Waals surface area contributed by atoms with Crippen LogP contribution in [0.25, 0.3) is 0 Å². The summed E-state index contributed by atoms with van der Waals surface area (Å²) in [5, 5.41) is 5.78. The molecule has 0 saturated heterocycles. The lowest BCUT2D eigenvalue weighted by atomic mass is 10.1. The molecular weight excluding hydrogens is 246 g/mol. The zero-order valence-corrected chi connectivity index (χ0v) is 11.7. The molecule has 2 heterocycles. The van der Waals surface area contributed by atoms with Crippen molar-refractivity contribution in [1.82, 2.24) is 5.32 Å². The highest BCUT2D eigenvalue weighted by molar-refractivity contribution is 7.13. The summed E-state index contributed by atoms with van der Waals surface area (Å²) in [6.07, 6.45) is 3.94. The van der Waals surface area contributed by atoms with Gasteiger partial charge in [-0.1, -0.05) is 13.0 Å². The summed E-state index contributed by atoms with van der Waals surface area (Å²) in [4.78, 5) is 4.56. The van der Waals surface area contributed by atoms with Crippen LogP contribution in [0.2, 0.25) is 0 Å². The highest BCUT2D eigenvalue weighted by atomic mass is 32.1. The third-order valence-corrected chi connectivity index (χ3v) is 5.53. The summed E-state index contributed by atoms with van der Waals surface area (Å²) in [6.45, 7) is 3.20. The summed E-state index contributed by atoms with van der Waals surface area (Å²) in [6, 6.07) is 7.23. The van der Waals surface area contributed by atoms with Crippen molar-refractivity contribution < 1.29 is 0 Å². The number of thiophene rings is 2. The van der Waals surface area contributed by atoms with Crippen molar-refractivity contribution in [3.8, 4) is 0 Å². The van der Waals surface area contributed by atoms with Gasteiger partial charge in [0.05, 0.1) is 6.04 Å². The Bertz CT molecular complexity index is 463. The van der Waals surface area contributed by atoms with Crippen molar-refractivity contribution in [2.45, 2.75) is 32.2 Å². The lowest BCUT2D eigenvalue weighted by molar-refractivity contribution is 0.648. The van der Waals surface area contributed by atoms with Crippen LogP contribution in [0.4, 0.5) is 0 Å². The van der Waals surface area contributed by atoms with Gasteiger partial charge in [-0.25, -0.2) is 0 Å². The predicted molar refractivity (Wildman–Crippen MR) is 76.2 cm³/mol. The van der Waals surface area contributed by atoms with Crippen LogP contribution in [0.15, 0.2) is 23.6 Å². The quantitative estimate of drug-likeness (QED) is 0.879. The van der Waals surface area contributed by atoms with Crippen molar-refractivity contribution in [3.63, 3.8) is 0 Å². The third-order valence-electron chi connectivity index (χ3n) is 3.29. The van der Waals surface area contributed by atoms with E-state index in [0.29, 0.717) is 6.04 Å². The van der Waals surface area contributed by atoms with Crippen LogP contribution in [0.1, 0.15) is 39.6 Å². The Kier molecular flexibility index (Phi) is 3.32. The van der Waals surface area contributed by atoms with Crippen LogP contribution in [0, 0.1) is 0 Å². The second-order valence-corrected chi connectivity index (χ2v) is 6.60. The van der Waals surface area contributed by atoms with E-state index in [-0.39, 0.29) is 0 Å². The van der Waals surface area contributed by atoms with Gasteiger partial charge in [0.2, 0.25) is 0 Å². The Hall–Kier alpha value is -0.640. The minimum atomic E-state index is 0.413. The highest BCUT2D eigenvalue weighted by Gasteiger charge is 2.21. The standard InChI is InChI=1S/C14H17NS2/c1-2-15-14(12-7-4-8-16-12)13-9-10-5-3-6-11(10)17-13/h4,7-9,14-15H,2-3,5-6H2,1H3. The van der Waals surface area contributed by atoms with Crippen LogP contribution in [0.5, 0.6) is 0 Å². The Morgan fingerprint density at radius 1 is 1.35 bits per heavy atom. The first-order valence-electron chi connectivity index (χ1n) is 6.26. The second-order valence-electron chi connectivity index (χ2n) is 4.46. The van der Waals surface area contributed by atoms with E-state index in [9.17, 15) is 0 Å². The van der Waals surface area contributed by atoms with Crippen LogP contribution >= 0.6 is 22.7 Å². The first-order chi connectivity index (χ1) is 8.38. The van der Waals surface area contributed by atoms with Crippen LogP contribution < -0.4 is 5.32 Å². The van der Waals surface area contributed by atoms with Gasteiger partial charge in [-0.2, -0.15) is 0 Å². The molecule has 0 amide bonds. The zero-order valence-electron chi connectivity index (χ0n) is 10.0. The molecule has 3 heteroatoms. The molecule has 1 aliphatic carbocycles. The van der Waals surface area contributed by atoms with Gasteiger partial charge in [-0.15, -0.1) is 22.7 Å². The van der Waals surface area contributed by atoms with E-state index in [1.54, 1.807) is 10.4 Å². The van der Waals surface area contributed by atoms with Gasteiger partial charge >= 0.3 is 0 Å². The third kappa shape index (κ3) is 2.19. The molecule has 0 aromatic carbocycles. The lowest BCUT2D eigenvalue weighted by Crippen LogP contribution is -2.20. The number of nitrogens with one attached hydrogen (secondary N) is 1. The maximum absolute atomic E-state index is 3.61. The lowest BCUT2D eigenvalue weighted by Gasteiger charge is -2.14. The molecule has 0 bridgehead atoms. The second kappa shape index (κ2) is 4.92. The summed E-state index contributed by atoms with van der Waals surface area (Å²) >= 11 is 3.86. The average molecular weight is 263 g/mol. The van der Waals surface area contributed by atoms with Gasteiger partial charge in [-0.3, -0.25) is 0 Å². The highest BCUT2D eigenvalue weighted by Crippen LogP contribution is 2.37. The Morgan fingerprint density at radius 2 is 2.29 bits per heavy atom. The molecule has 0 aliphatic heterocycles. The Balaban J connectivity index is 1.92. The minimum Gasteiger partial charge on any atom is -0.305 e. The van der Waals surface area contributed by atoms with Crippen molar-refractivity contribution in [2.75, 3.05) is 6.54 Å². The molecule has 90 valence electrons. The smallest absolute Gasteiger partial charge is 0.0765 e. The van der Waals surface area contributed by atoms with Crippen molar-refractivity contribution >= 4 is 22.7 Å². The SMILES string of the molecule is CCNC(c1cccs1)c1cc2c(s1)CCC2. The number of fused-ring (bicyclic) bond motifs is 1. The fraction of sp³-hybridized carbons (Fsp3) is 0.429. The monoisotopic (exact) mass is 263 g/mol. The van der Waals surface area contributed by atoms with Gasteiger partial charge in [-0.05, 0) is 48.9 Å². The van der Waals surface area contributed by atoms with Gasteiger partial charge in [0, 0.05) is 14.6 Å². The van der Waals surface area contributed by atoms with Gasteiger partial charge in [0.15, 0.2) is 0 Å². The maximum Gasteiger partial charge on any atom is 0.0765 e. The largest absolute Gasteiger partial charge is 0.305 e. The van der Waals surface area contributed by atoms with E-state index in [1.807, 2.05) is 22.7 Å². The van der Waals surface area contributed by atoms with Crippen molar-refractivity contribution in [2.24, 2.45) is 0 Å². The van der Waals surface area contributed by atoms with Gasteiger partial charge in [0.25, 0.3) is 0 Å². The van der Waals surface area contributed by atoms with E-state index in [2.05, 4.69) is 35.8 Å². The van der Waals surface area contributed by atoms with Crippen LogP contribution in [-0.2, 0) is 12.8 Å². The Morgan fingerprint density at radius 3 is 3.00 bits per heavy atom. The topological polar surface area (TPSA) is 12.0 Å². The molecule has 1 atom stereocenters. The predicted octanol–water partition coefficient (Wildman–Crippen LogP) is 4.00. The van der Waals surface area contributed by atoms with E-state index >= 15 is 0 Å². The first kappa shape index (κ1) is 11.5. The number of rotatable bonds is 4. The van der Waals surface area contributed by atoms with Crippen LogP contribution in [0.3, 0.4) is 0 Å². The summed E-state index contributed by atoms with van der Waals surface area (Å²) in [5.74, 6) is 0. The number of aryl methyl sites for hydroxylation is 2. The first-order valence-corrected chi connectivity index (χ1v) is 7.96. The molecule has 0 spiro atoms. The molecule has 1 unspecified atom stereocenters. The zero-order chi connectivity index (χ0) is 11.7. The fourth-order valence-corrected chi connectivity index (χ4v) is 4.74. The van der Waals surface area contributed by atoms with Gasteiger partial charge in [0.1, 0.15) is 0 Å². The fourth-order valence-electron chi connectivity index (χ4n) is 2.50. The van der Waals surface area contributed by atoms with Crippen LogP contribution in [-0.4, -0.2) is 6.54 Å². The molecule has 1 N–H and O–H groups in total. The van der Waals surface area contributed by atoms with Crippen molar-refractivity contribution in [3.05, 3.63) is 43.8 Å². The van der Waals surface area contributed by atoms with E-state index in [0.717, 1.165) is 6.54 Å².